The highest BCUT2D eigenvalue weighted by molar-refractivity contribution is 7.99. The minimum absolute atomic E-state index is 0.0578. The molecule has 6 heteroatoms. The first-order valence-corrected chi connectivity index (χ1v) is 9.76. The second-order valence-corrected chi connectivity index (χ2v) is 7.12. The summed E-state index contributed by atoms with van der Waals surface area (Å²) in [6, 6.07) is 16.4. The number of para-hydroxylation sites is 2. The Kier molecular flexibility index (Phi) is 4.75. The van der Waals surface area contributed by atoms with Gasteiger partial charge in [-0.15, -0.1) is 10.2 Å². The summed E-state index contributed by atoms with van der Waals surface area (Å²) in [7, 11) is 0. The van der Waals surface area contributed by atoms with Gasteiger partial charge in [0.15, 0.2) is 5.16 Å². The molecule has 2 aromatic carbocycles. The zero-order chi connectivity index (χ0) is 17.9. The van der Waals surface area contributed by atoms with Gasteiger partial charge in [-0.1, -0.05) is 48.2 Å². The van der Waals surface area contributed by atoms with E-state index >= 15 is 0 Å². The van der Waals surface area contributed by atoms with E-state index in [1.807, 2.05) is 52.8 Å². The van der Waals surface area contributed by atoms with Crippen molar-refractivity contribution in [2.24, 2.45) is 0 Å². The van der Waals surface area contributed by atoms with Crippen molar-refractivity contribution in [3.8, 4) is 0 Å². The lowest BCUT2D eigenvalue weighted by Crippen LogP contribution is -2.28. The molecule has 0 aliphatic carbocycles. The molecule has 3 aromatic rings. The second-order valence-electron chi connectivity index (χ2n) is 6.17. The Morgan fingerprint density at radius 1 is 1.04 bits per heavy atom. The van der Waals surface area contributed by atoms with Crippen molar-refractivity contribution in [1.82, 2.24) is 14.8 Å². The highest BCUT2D eigenvalue weighted by Gasteiger charge is 2.25. The van der Waals surface area contributed by atoms with Gasteiger partial charge in [0.1, 0.15) is 6.33 Å². The van der Waals surface area contributed by atoms with Gasteiger partial charge in [0.2, 0.25) is 5.91 Å². The van der Waals surface area contributed by atoms with Gasteiger partial charge < -0.3 is 4.57 Å². The van der Waals surface area contributed by atoms with E-state index in [9.17, 15) is 4.79 Å². The molecule has 0 spiro atoms. The molecular weight excluding hydrogens is 344 g/mol. The standard InChI is InChI=1S/C20H20N4OS/c1-2-23-14-21-22-20(23)26-13-19(25)24-17-9-5-3-7-15(17)11-12-16-8-4-6-10-18(16)24/h3-10,14H,2,11-13H2,1H3. The maximum atomic E-state index is 13.2. The van der Waals surface area contributed by atoms with E-state index in [1.54, 1.807) is 6.33 Å². The third kappa shape index (κ3) is 3.12. The SMILES string of the molecule is CCn1cnnc1SCC(=O)N1c2ccccc2CCc2ccccc21. The molecule has 0 bridgehead atoms. The van der Waals surface area contributed by atoms with Crippen LogP contribution in [-0.4, -0.2) is 26.4 Å². The molecule has 1 aliphatic heterocycles. The first-order chi connectivity index (χ1) is 12.8. The third-order valence-corrected chi connectivity index (χ3v) is 5.59. The topological polar surface area (TPSA) is 51.0 Å². The van der Waals surface area contributed by atoms with Crippen LogP contribution >= 0.6 is 11.8 Å². The van der Waals surface area contributed by atoms with E-state index in [0.717, 1.165) is 35.9 Å². The second kappa shape index (κ2) is 7.33. The normalized spacial score (nSPS) is 13.0. The summed E-state index contributed by atoms with van der Waals surface area (Å²) in [4.78, 5) is 15.1. The Labute approximate surface area is 157 Å². The number of fused-ring (bicyclic) bond motifs is 2. The fraction of sp³-hybridized carbons (Fsp3) is 0.250. The number of aromatic nitrogens is 3. The van der Waals surface area contributed by atoms with Gasteiger partial charge in [0, 0.05) is 6.54 Å². The molecule has 0 saturated carbocycles. The van der Waals surface area contributed by atoms with Crippen LogP contribution < -0.4 is 4.90 Å². The van der Waals surface area contributed by atoms with E-state index in [4.69, 9.17) is 0 Å². The fourth-order valence-corrected chi connectivity index (χ4v) is 4.14. The van der Waals surface area contributed by atoms with Gasteiger partial charge in [-0.25, -0.2) is 0 Å². The van der Waals surface area contributed by atoms with Crippen molar-refractivity contribution in [2.75, 3.05) is 10.7 Å². The number of anilines is 2. The van der Waals surface area contributed by atoms with Crippen molar-refractivity contribution < 1.29 is 4.79 Å². The van der Waals surface area contributed by atoms with Crippen LogP contribution in [0, 0.1) is 0 Å². The van der Waals surface area contributed by atoms with Gasteiger partial charge in [-0.3, -0.25) is 9.69 Å². The fourth-order valence-electron chi connectivity index (χ4n) is 3.31. The van der Waals surface area contributed by atoms with E-state index < -0.39 is 0 Å². The van der Waals surface area contributed by atoms with Crippen molar-refractivity contribution in [2.45, 2.75) is 31.5 Å². The number of nitrogens with zero attached hydrogens (tertiary/aromatic N) is 4. The van der Waals surface area contributed by atoms with Gasteiger partial charge in [-0.05, 0) is 43.0 Å². The molecule has 132 valence electrons. The molecule has 2 heterocycles. The predicted molar refractivity (Wildman–Crippen MR) is 104 cm³/mol. The molecule has 1 aliphatic rings. The molecule has 26 heavy (non-hydrogen) atoms. The molecular formula is C20H20N4OS. The Balaban J connectivity index is 1.67. The third-order valence-electron chi connectivity index (χ3n) is 4.62. The van der Waals surface area contributed by atoms with Crippen LogP contribution in [-0.2, 0) is 24.2 Å². The number of amides is 1. The molecule has 0 fully saturated rings. The van der Waals surface area contributed by atoms with E-state index in [2.05, 4.69) is 22.3 Å². The average Bonchev–Trinajstić information content (AvgIpc) is 3.07. The van der Waals surface area contributed by atoms with Crippen molar-refractivity contribution >= 4 is 29.0 Å². The van der Waals surface area contributed by atoms with Gasteiger partial charge in [0.25, 0.3) is 0 Å². The summed E-state index contributed by atoms with van der Waals surface area (Å²) >= 11 is 1.43. The lowest BCUT2D eigenvalue weighted by molar-refractivity contribution is -0.115. The Bertz CT molecular complexity index is 889. The number of rotatable bonds is 4. The maximum absolute atomic E-state index is 13.2. The number of hydrogen-bond acceptors (Lipinski definition) is 4. The van der Waals surface area contributed by atoms with Crippen molar-refractivity contribution in [3.05, 3.63) is 66.0 Å². The number of thioether (sulfide) groups is 1. The van der Waals surface area contributed by atoms with Crippen LogP contribution in [0.15, 0.2) is 60.0 Å². The van der Waals surface area contributed by atoms with Crippen LogP contribution in [0.2, 0.25) is 0 Å². The lowest BCUT2D eigenvalue weighted by Gasteiger charge is -2.24. The predicted octanol–water partition coefficient (Wildman–Crippen LogP) is 3.85. The smallest absolute Gasteiger partial charge is 0.242 e. The van der Waals surface area contributed by atoms with Gasteiger partial charge in [-0.2, -0.15) is 0 Å². The quantitative estimate of drug-likeness (QED) is 0.660. The van der Waals surface area contributed by atoms with Crippen molar-refractivity contribution in [1.29, 1.82) is 0 Å². The summed E-state index contributed by atoms with van der Waals surface area (Å²) in [6.07, 6.45) is 3.58. The number of hydrogen-bond donors (Lipinski definition) is 0. The molecule has 1 amide bonds. The van der Waals surface area contributed by atoms with Crippen LogP contribution in [0.25, 0.3) is 0 Å². The number of carbonyl (C=O) groups excluding carboxylic acids is 1. The minimum atomic E-state index is 0.0578. The van der Waals surface area contributed by atoms with Crippen LogP contribution in [0.3, 0.4) is 0 Å². The summed E-state index contributed by atoms with van der Waals surface area (Å²) in [5, 5.41) is 8.83. The lowest BCUT2D eigenvalue weighted by atomic mass is 10.0. The first-order valence-electron chi connectivity index (χ1n) is 8.77. The molecule has 4 rings (SSSR count). The molecule has 1 aromatic heterocycles. The molecule has 0 saturated heterocycles. The van der Waals surface area contributed by atoms with E-state index in [-0.39, 0.29) is 5.91 Å². The van der Waals surface area contributed by atoms with Gasteiger partial charge in [0.05, 0.1) is 17.1 Å². The van der Waals surface area contributed by atoms with Crippen LogP contribution in [0.5, 0.6) is 0 Å². The van der Waals surface area contributed by atoms with E-state index in [1.165, 1.54) is 22.9 Å². The van der Waals surface area contributed by atoms with Crippen molar-refractivity contribution in [3.63, 3.8) is 0 Å². The number of aryl methyl sites for hydroxylation is 3. The molecule has 0 unspecified atom stereocenters. The monoisotopic (exact) mass is 364 g/mol. The summed E-state index contributed by atoms with van der Waals surface area (Å²) in [5.41, 5.74) is 4.39. The van der Waals surface area contributed by atoms with Crippen LogP contribution in [0.1, 0.15) is 18.1 Å². The Morgan fingerprint density at radius 3 is 2.27 bits per heavy atom. The zero-order valence-electron chi connectivity index (χ0n) is 14.6. The Hall–Kier alpha value is -2.60. The first kappa shape index (κ1) is 16.8. The zero-order valence-corrected chi connectivity index (χ0v) is 15.4. The highest BCUT2D eigenvalue weighted by Crippen LogP contribution is 2.36. The largest absolute Gasteiger partial charge is 0.309 e. The van der Waals surface area contributed by atoms with Crippen LogP contribution in [0.4, 0.5) is 11.4 Å². The molecule has 0 N–H and O–H groups in total. The number of benzene rings is 2. The summed E-state index contributed by atoms with van der Waals surface area (Å²) < 4.78 is 1.95. The Morgan fingerprint density at radius 2 is 1.65 bits per heavy atom. The summed E-state index contributed by atoms with van der Waals surface area (Å²) in [6.45, 7) is 2.83. The molecule has 0 atom stereocenters. The maximum Gasteiger partial charge on any atom is 0.242 e. The molecule has 5 nitrogen and oxygen atoms in total. The molecule has 0 radical (unpaired) electrons. The van der Waals surface area contributed by atoms with E-state index in [0.29, 0.717) is 5.75 Å². The summed E-state index contributed by atoms with van der Waals surface area (Å²) in [5.74, 6) is 0.379. The number of carbonyl (C=O) groups is 1. The highest BCUT2D eigenvalue weighted by atomic mass is 32.2. The minimum Gasteiger partial charge on any atom is -0.309 e. The average molecular weight is 364 g/mol. The van der Waals surface area contributed by atoms with Gasteiger partial charge >= 0.3 is 0 Å².